The summed E-state index contributed by atoms with van der Waals surface area (Å²) < 4.78 is 8.36. The van der Waals surface area contributed by atoms with Gasteiger partial charge in [-0.05, 0) is 163 Å². The summed E-state index contributed by atoms with van der Waals surface area (Å²) in [4.78, 5) is 33.5. The third kappa shape index (κ3) is 7.75. The lowest BCUT2D eigenvalue weighted by Gasteiger charge is -2.26. The molecule has 16 rings (SSSR count). The smallest absolute Gasteiger partial charge is 0.195 e. The molecule has 4 aromatic heterocycles. The zero-order chi connectivity index (χ0) is 54.4. The molecule has 16 aromatic rings. The van der Waals surface area contributed by atoms with Gasteiger partial charge in [-0.2, -0.15) is 0 Å². The molecule has 82 heavy (non-hydrogen) atoms. The van der Waals surface area contributed by atoms with E-state index in [4.69, 9.17) is 0 Å². The minimum Gasteiger partial charge on any atom is -0.310 e. The molecule has 386 valence electrons. The van der Waals surface area contributed by atoms with Crippen LogP contribution in [0.4, 0.5) is 34.1 Å². The van der Waals surface area contributed by atoms with E-state index in [1.165, 1.54) is 10.8 Å². The summed E-state index contributed by atoms with van der Waals surface area (Å²) >= 11 is 3.30. The van der Waals surface area contributed by atoms with Crippen LogP contribution in [0.25, 0.3) is 106 Å². The number of hydrogen-bond donors (Lipinski definition) is 0. The molecule has 0 N–H and O–H groups in total. The minimum atomic E-state index is 0.0143. The molecular formula is C74H46N4O2S2. The first-order valence-electron chi connectivity index (χ1n) is 27.4. The monoisotopic (exact) mass is 1090 g/mol. The Morgan fingerprint density at radius 3 is 1.21 bits per heavy atom. The first-order valence-corrected chi connectivity index (χ1v) is 29.0. The molecule has 0 aliphatic carbocycles. The highest BCUT2D eigenvalue weighted by Crippen LogP contribution is 2.42. The zero-order valence-electron chi connectivity index (χ0n) is 44.0. The van der Waals surface area contributed by atoms with E-state index in [-0.39, 0.29) is 10.9 Å². The van der Waals surface area contributed by atoms with Crippen molar-refractivity contribution in [2.75, 3.05) is 9.80 Å². The van der Waals surface area contributed by atoms with Crippen molar-refractivity contribution in [1.29, 1.82) is 0 Å². The second-order valence-electron chi connectivity index (χ2n) is 20.8. The number of hydrogen-bond acceptors (Lipinski definition) is 6. The van der Waals surface area contributed by atoms with Crippen LogP contribution in [0, 0.1) is 0 Å². The van der Waals surface area contributed by atoms with Crippen molar-refractivity contribution in [3.63, 3.8) is 0 Å². The van der Waals surface area contributed by atoms with E-state index >= 15 is 0 Å². The van der Waals surface area contributed by atoms with Crippen molar-refractivity contribution in [1.82, 2.24) is 9.13 Å². The van der Waals surface area contributed by atoms with Crippen molar-refractivity contribution in [3.8, 4) is 22.5 Å². The van der Waals surface area contributed by atoms with Gasteiger partial charge in [-0.25, -0.2) is 0 Å². The normalized spacial score (nSPS) is 11.8. The van der Waals surface area contributed by atoms with E-state index in [9.17, 15) is 9.59 Å². The standard InChI is InChI=1S/C74H46N4O2S2/c79-73-60-37-33-55(75(49-16-4-1-5-17-49)50-18-6-2-7-19-50)45-71(60)81-69-40-35-53(43-63(69)73)76(51-20-8-3-9-21-51)52-31-28-47(29-32-52)48-30-39-68-62(42-48)59-24-12-15-27-67(59)78(68)56-34-38-61-72(46-56)82-70-41-36-54(44-64(70)74(61)80)77-65-25-13-10-22-57(65)58-23-11-14-26-66(58)77/h1-46H. The van der Waals surface area contributed by atoms with Crippen molar-refractivity contribution >= 4 is 141 Å². The molecule has 0 spiro atoms. The minimum absolute atomic E-state index is 0.0143. The van der Waals surface area contributed by atoms with Crippen LogP contribution in [0.2, 0.25) is 0 Å². The molecule has 0 aliphatic rings. The molecule has 0 aliphatic heterocycles. The highest BCUT2D eigenvalue weighted by atomic mass is 32.1. The van der Waals surface area contributed by atoms with Gasteiger partial charge in [0.15, 0.2) is 10.9 Å². The molecule has 0 fully saturated rings. The molecule has 0 unspecified atom stereocenters. The summed E-state index contributed by atoms with van der Waals surface area (Å²) in [5.41, 5.74) is 14.6. The Bertz CT molecular complexity index is 5250. The fourth-order valence-electron chi connectivity index (χ4n) is 12.3. The number of anilines is 6. The number of benzene rings is 12. The third-order valence-electron chi connectivity index (χ3n) is 16.1. The van der Waals surface area contributed by atoms with Gasteiger partial charge in [0.05, 0.1) is 22.1 Å². The molecule has 8 heteroatoms. The van der Waals surface area contributed by atoms with Crippen molar-refractivity contribution in [3.05, 3.63) is 299 Å². The number of aromatic nitrogens is 2. The van der Waals surface area contributed by atoms with Gasteiger partial charge < -0.3 is 18.9 Å². The molecule has 12 aromatic carbocycles. The summed E-state index contributed by atoms with van der Waals surface area (Å²) in [6.07, 6.45) is 0. The van der Waals surface area contributed by atoms with Gasteiger partial charge in [0.1, 0.15) is 0 Å². The van der Waals surface area contributed by atoms with E-state index in [0.29, 0.717) is 16.2 Å². The molecule has 4 heterocycles. The van der Waals surface area contributed by atoms with Crippen LogP contribution in [0.5, 0.6) is 0 Å². The van der Waals surface area contributed by atoms with E-state index < -0.39 is 0 Å². The molecule has 0 saturated heterocycles. The maximum atomic E-state index is 14.6. The largest absolute Gasteiger partial charge is 0.310 e. The average molecular weight is 1090 g/mol. The van der Waals surface area contributed by atoms with Gasteiger partial charge in [-0.3, -0.25) is 9.59 Å². The van der Waals surface area contributed by atoms with E-state index in [1.54, 1.807) is 22.7 Å². The first-order chi connectivity index (χ1) is 40.5. The first kappa shape index (κ1) is 47.6. The van der Waals surface area contributed by atoms with Crippen LogP contribution >= 0.6 is 22.7 Å². The lowest BCUT2D eigenvalue weighted by molar-refractivity contribution is 1.18. The Hall–Kier alpha value is -10.4. The zero-order valence-corrected chi connectivity index (χ0v) is 45.6. The second kappa shape index (κ2) is 19.2. The number of fused-ring (bicyclic) bond motifs is 10. The molecule has 0 amide bonds. The van der Waals surface area contributed by atoms with Gasteiger partial charge in [-0.1, -0.05) is 127 Å². The lowest BCUT2D eigenvalue weighted by Crippen LogP contribution is -2.11. The lowest BCUT2D eigenvalue weighted by atomic mass is 10.0. The van der Waals surface area contributed by atoms with Gasteiger partial charge in [0, 0.05) is 107 Å². The predicted octanol–water partition coefficient (Wildman–Crippen LogP) is 19.9. The van der Waals surface area contributed by atoms with E-state index in [1.807, 2.05) is 60.7 Å². The summed E-state index contributed by atoms with van der Waals surface area (Å²) in [5, 5.41) is 7.51. The summed E-state index contributed by atoms with van der Waals surface area (Å²) in [7, 11) is 0. The van der Waals surface area contributed by atoms with Crippen LogP contribution in [0.1, 0.15) is 0 Å². The number of nitrogens with zero attached hydrogens (tertiary/aromatic N) is 4. The average Bonchev–Trinajstić information content (AvgIpc) is 4.25. The SMILES string of the molecule is O=c1c2ccc(N(c3ccccc3)c3ccccc3)cc2sc2ccc(N(c3ccccc3)c3ccc(-c4ccc5c(c4)c4ccccc4n5-c4ccc5c(=O)c6cc(-n7c8ccccc8c8ccccc87)ccc6sc5c4)cc3)cc12. The van der Waals surface area contributed by atoms with Gasteiger partial charge in [0.2, 0.25) is 0 Å². The highest BCUT2D eigenvalue weighted by molar-refractivity contribution is 7.25. The summed E-state index contributed by atoms with van der Waals surface area (Å²) in [6, 6.07) is 97.0. The Labute approximate surface area is 478 Å². The van der Waals surface area contributed by atoms with Crippen molar-refractivity contribution in [2.45, 2.75) is 0 Å². The molecule has 0 atom stereocenters. The highest BCUT2D eigenvalue weighted by Gasteiger charge is 2.20. The quantitative estimate of drug-likeness (QED) is 0.135. The Morgan fingerprint density at radius 2 is 0.634 bits per heavy atom. The molecular weight excluding hydrogens is 1040 g/mol. The third-order valence-corrected chi connectivity index (χ3v) is 18.3. The molecule has 0 bridgehead atoms. The van der Waals surface area contributed by atoms with Crippen LogP contribution in [-0.4, -0.2) is 9.13 Å². The number of rotatable bonds is 9. The predicted molar refractivity (Wildman–Crippen MR) is 348 cm³/mol. The topological polar surface area (TPSA) is 50.5 Å². The van der Waals surface area contributed by atoms with Crippen LogP contribution in [0.15, 0.2) is 289 Å². The fourth-order valence-corrected chi connectivity index (χ4v) is 14.4. The number of para-hydroxylation sites is 6. The van der Waals surface area contributed by atoms with E-state index in [0.717, 1.165) is 114 Å². The molecule has 6 nitrogen and oxygen atoms in total. The van der Waals surface area contributed by atoms with Crippen molar-refractivity contribution < 1.29 is 0 Å². The van der Waals surface area contributed by atoms with Gasteiger partial charge in [-0.15, -0.1) is 22.7 Å². The van der Waals surface area contributed by atoms with Crippen LogP contribution in [0.3, 0.4) is 0 Å². The van der Waals surface area contributed by atoms with Gasteiger partial charge in [0.25, 0.3) is 0 Å². The maximum absolute atomic E-state index is 14.6. The fraction of sp³-hybridized carbons (Fsp3) is 0. The Morgan fingerprint density at radius 1 is 0.244 bits per heavy atom. The summed E-state index contributed by atoms with van der Waals surface area (Å²) in [6.45, 7) is 0. The van der Waals surface area contributed by atoms with Crippen LogP contribution in [-0.2, 0) is 0 Å². The summed E-state index contributed by atoms with van der Waals surface area (Å²) in [5.74, 6) is 0. The maximum Gasteiger partial charge on any atom is 0.195 e. The van der Waals surface area contributed by atoms with Crippen molar-refractivity contribution in [2.24, 2.45) is 0 Å². The second-order valence-corrected chi connectivity index (χ2v) is 22.9. The molecule has 0 radical (unpaired) electrons. The van der Waals surface area contributed by atoms with Crippen LogP contribution < -0.4 is 20.7 Å². The molecule has 0 saturated carbocycles. The Balaban J connectivity index is 0.735. The van der Waals surface area contributed by atoms with E-state index in [2.05, 4.69) is 237 Å². The Kier molecular flexibility index (Phi) is 11.1. The van der Waals surface area contributed by atoms with Gasteiger partial charge >= 0.3 is 0 Å².